The Morgan fingerprint density at radius 1 is 0.900 bits per heavy atom. The third kappa shape index (κ3) is 6.08. The molecule has 2 aromatic carbocycles. The molecule has 3 aromatic rings. The molecular weight excluding hydrogens is 506 g/mol. The Kier molecular flexibility index (Phi) is 7.87. The van der Waals surface area contributed by atoms with Gasteiger partial charge in [-0.25, -0.2) is 9.97 Å². The molecule has 3 saturated heterocycles. The Morgan fingerprint density at radius 2 is 1.68 bits per heavy atom. The Balaban J connectivity index is 1.03. The number of rotatable bonds is 7. The molecular formula is C30H35N7O3. The van der Waals surface area contributed by atoms with Crippen LogP contribution in [0.15, 0.2) is 60.8 Å². The van der Waals surface area contributed by atoms with E-state index in [0.29, 0.717) is 12.6 Å². The molecule has 0 aliphatic carbocycles. The molecule has 0 bridgehead atoms. The van der Waals surface area contributed by atoms with E-state index in [1.54, 1.807) is 6.20 Å². The maximum Gasteiger partial charge on any atom is 0.253 e. The number of hydrogen-bond acceptors (Lipinski definition) is 8. The van der Waals surface area contributed by atoms with Gasteiger partial charge in [-0.15, -0.1) is 0 Å². The summed E-state index contributed by atoms with van der Waals surface area (Å²) in [5.74, 6) is 0.656. The van der Waals surface area contributed by atoms with Crippen molar-refractivity contribution in [3.8, 4) is 11.3 Å². The summed E-state index contributed by atoms with van der Waals surface area (Å²) in [5, 5.41) is 9.53. The summed E-state index contributed by atoms with van der Waals surface area (Å²) < 4.78 is 5.45. The number of ether oxygens (including phenoxy) is 1. The number of hydrogen-bond donors (Lipinski definition) is 3. The van der Waals surface area contributed by atoms with Gasteiger partial charge in [0, 0.05) is 61.6 Å². The van der Waals surface area contributed by atoms with Gasteiger partial charge in [0.1, 0.15) is 6.10 Å². The zero-order valence-corrected chi connectivity index (χ0v) is 22.5. The summed E-state index contributed by atoms with van der Waals surface area (Å²) in [6, 6.07) is 17.7. The maximum absolute atomic E-state index is 12.7. The smallest absolute Gasteiger partial charge is 0.253 e. The third-order valence-corrected chi connectivity index (χ3v) is 7.76. The SMILES string of the molecule is O=C(Nc1ccc(-c2ccnc(Nc3ccc(N4CCN(C(=O)[C@H]5CCCN5)CC4)cc3)n2)cc1)C1CCCO1. The Labute approximate surface area is 234 Å². The first-order chi connectivity index (χ1) is 19.6. The van der Waals surface area contributed by atoms with Crippen LogP contribution in [0.5, 0.6) is 0 Å². The second kappa shape index (κ2) is 12.0. The van der Waals surface area contributed by atoms with Crippen molar-refractivity contribution >= 4 is 34.8 Å². The lowest BCUT2D eigenvalue weighted by atomic mass is 10.1. The number of amides is 2. The molecule has 3 aliphatic rings. The lowest BCUT2D eigenvalue weighted by Crippen LogP contribution is -2.53. The molecule has 0 saturated carbocycles. The number of aromatic nitrogens is 2. The van der Waals surface area contributed by atoms with Gasteiger partial charge in [-0.2, -0.15) is 0 Å². The molecule has 2 amide bonds. The van der Waals surface area contributed by atoms with Crippen molar-refractivity contribution in [2.45, 2.75) is 37.8 Å². The summed E-state index contributed by atoms with van der Waals surface area (Å²) in [5.41, 5.74) is 4.48. The van der Waals surface area contributed by atoms with Crippen LogP contribution in [0.3, 0.4) is 0 Å². The van der Waals surface area contributed by atoms with Crippen molar-refractivity contribution in [2.24, 2.45) is 0 Å². The highest BCUT2D eigenvalue weighted by Gasteiger charge is 2.29. The van der Waals surface area contributed by atoms with Crippen molar-refractivity contribution in [1.29, 1.82) is 0 Å². The highest BCUT2D eigenvalue weighted by Crippen LogP contribution is 2.24. The average molecular weight is 542 g/mol. The molecule has 6 rings (SSSR count). The molecule has 0 radical (unpaired) electrons. The minimum atomic E-state index is -0.357. The minimum Gasteiger partial charge on any atom is -0.368 e. The Hall–Kier alpha value is -4.02. The molecule has 0 spiro atoms. The first kappa shape index (κ1) is 26.2. The van der Waals surface area contributed by atoms with Crippen molar-refractivity contribution in [1.82, 2.24) is 20.2 Å². The van der Waals surface area contributed by atoms with E-state index in [4.69, 9.17) is 4.74 Å². The number of piperazine rings is 1. The van der Waals surface area contributed by atoms with Gasteiger partial charge in [-0.1, -0.05) is 12.1 Å². The molecule has 3 N–H and O–H groups in total. The number of anilines is 4. The van der Waals surface area contributed by atoms with Crippen LogP contribution < -0.4 is 20.9 Å². The van der Waals surface area contributed by atoms with Crippen LogP contribution in [0.1, 0.15) is 25.7 Å². The topological polar surface area (TPSA) is 112 Å². The molecule has 10 nitrogen and oxygen atoms in total. The van der Waals surface area contributed by atoms with Gasteiger partial charge in [0.05, 0.1) is 11.7 Å². The van der Waals surface area contributed by atoms with E-state index < -0.39 is 0 Å². The van der Waals surface area contributed by atoms with Gasteiger partial charge in [-0.3, -0.25) is 9.59 Å². The normalized spacial score (nSPS) is 20.9. The first-order valence-electron chi connectivity index (χ1n) is 14.1. The average Bonchev–Trinajstić information content (AvgIpc) is 3.74. The summed E-state index contributed by atoms with van der Waals surface area (Å²) >= 11 is 0. The van der Waals surface area contributed by atoms with Gasteiger partial charge in [0.2, 0.25) is 11.9 Å². The number of carbonyl (C=O) groups is 2. The van der Waals surface area contributed by atoms with Gasteiger partial charge in [0.25, 0.3) is 5.91 Å². The van der Waals surface area contributed by atoms with Crippen LogP contribution in [0, 0.1) is 0 Å². The summed E-state index contributed by atoms with van der Waals surface area (Å²) in [4.78, 5) is 38.4. The van der Waals surface area contributed by atoms with Gasteiger partial charge < -0.3 is 30.5 Å². The van der Waals surface area contributed by atoms with Crippen LogP contribution in [0.2, 0.25) is 0 Å². The quantitative estimate of drug-likeness (QED) is 0.417. The van der Waals surface area contributed by atoms with Gasteiger partial charge >= 0.3 is 0 Å². The monoisotopic (exact) mass is 541 g/mol. The summed E-state index contributed by atoms with van der Waals surface area (Å²) in [6.45, 7) is 4.74. The molecule has 3 fully saturated rings. The van der Waals surface area contributed by atoms with Crippen molar-refractivity contribution in [3.05, 3.63) is 60.8 Å². The fourth-order valence-electron chi connectivity index (χ4n) is 5.50. The number of nitrogens with zero attached hydrogens (tertiary/aromatic N) is 4. The van der Waals surface area contributed by atoms with Gasteiger partial charge in [0.15, 0.2) is 0 Å². The predicted octanol–water partition coefficient (Wildman–Crippen LogP) is 3.41. The Bertz CT molecular complexity index is 1310. The lowest BCUT2D eigenvalue weighted by molar-refractivity contribution is -0.133. The van der Waals surface area contributed by atoms with Crippen LogP contribution >= 0.6 is 0 Å². The van der Waals surface area contributed by atoms with E-state index in [1.807, 2.05) is 47.4 Å². The molecule has 10 heteroatoms. The number of nitrogens with one attached hydrogen (secondary N) is 3. The van der Waals surface area contributed by atoms with Crippen LogP contribution in [0.4, 0.5) is 23.0 Å². The maximum atomic E-state index is 12.7. The molecule has 4 heterocycles. The molecule has 3 aliphatic heterocycles. The Morgan fingerprint density at radius 3 is 2.38 bits per heavy atom. The van der Waals surface area contributed by atoms with Crippen LogP contribution in [-0.4, -0.2) is 78.2 Å². The minimum absolute atomic E-state index is 0.00137. The van der Waals surface area contributed by atoms with Crippen LogP contribution in [-0.2, 0) is 14.3 Å². The highest BCUT2D eigenvalue weighted by atomic mass is 16.5. The van der Waals surface area contributed by atoms with Crippen LogP contribution in [0.25, 0.3) is 11.3 Å². The summed E-state index contributed by atoms with van der Waals surface area (Å²) in [7, 11) is 0. The van der Waals surface area contributed by atoms with E-state index in [1.165, 1.54) is 0 Å². The number of carbonyl (C=O) groups excluding carboxylic acids is 2. The molecule has 40 heavy (non-hydrogen) atoms. The second-order valence-corrected chi connectivity index (χ2v) is 10.5. The summed E-state index contributed by atoms with van der Waals surface area (Å²) in [6.07, 6.45) is 5.09. The van der Waals surface area contributed by atoms with E-state index in [9.17, 15) is 9.59 Å². The predicted molar refractivity (Wildman–Crippen MR) is 155 cm³/mol. The van der Waals surface area contributed by atoms with Crippen molar-refractivity contribution in [3.63, 3.8) is 0 Å². The van der Waals surface area contributed by atoms with E-state index in [2.05, 4.69) is 43.0 Å². The zero-order valence-electron chi connectivity index (χ0n) is 22.5. The second-order valence-electron chi connectivity index (χ2n) is 10.5. The van der Waals surface area contributed by atoms with E-state index in [0.717, 1.165) is 86.7 Å². The third-order valence-electron chi connectivity index (χ3n) is 7.76. The highest BCUT2D eigenvalue weighted by molar-refractivity contribution is 5.94. The van der Waals surface area contributed by atoms with E-state index >= 15 is 0 Å². The largest absolute Gasteiger partial charge is 0.368 e. The first-order valence-corrected chi connectivity index (χ1v) is 14.1. The molecule has 208 valence electrons. The van der Waals surface area contributed by atoms with E-state index in [-0.39, 0.29) is 24.0 Å². The lowest BCUT2D eigenvalue weighted by Gasteiger charge is -2.37. The molecule has 1 aromatic heterocycles. The van der Waals surface area contributed by atoms with Gasteiger partial charge in [-0.05, 0) is 74.7 Å². The standard InChI is InChI=1S/C30H35N7O3/c38-28(27-4-2-20-40-27)33-22-7-5-21(6-8-22)25-13-15-32-30(35-25)34-23-9-11-24(12-10-23)36-16-18-37(19-17-36)29(39)26-3-1-14-31-26/h5-13,15,26-27,31H,1-4,14,16-20H2,(H,33,38)(H,32,34,35)/t26-,27?/m1/s1. The zero-order chi connectivity index (χ0) is 27.3. The molecule has 1 unspecified atom stereocenters. The number of benzene rings is 2. The fraction of sp³-hybridized carbons (Fsp3) is 0.400. The van der Waals surface area contributed by atoms with Crippen molar-refractivity contribution < 1.29 is 14.3 Å². The fourth-order valence-corrected chi connectivity index (χ4v) is 5.50. The van der Waals surface area contributed by atoms with Crippen molar-refractivity contribution in [2.75, 3.05) is 54.9 Å². The molecule has 2 atom stereocenters.